The van der Waals surface area contributed by atoms with Crippen molar-refractivity contribution in [2.75, 3.05) is 20.2 Å². The first kappa shape index (κ1) is 28.1. The summed E-state index contributed by atoms with van der Waals surface area (Å²) in [6.07, 6.45) is 7.75. The van der Waals surface area contributed by atoms with E-state index in [4.69, 9.17) is 0 Å². The van der Waals surface area contributed by atoms with Crippen molar-refractivity contribution in [3.05, 3.63) is 53.1 Å². The number of nitrogens with zero attached hydrogens (tertiary/aromatic N) is 4. The fourth-order valence-corrected chi connectivity index (χ4v) is 5.77. The standard InChI is InChI=1S/C27H34FN5O4S/c1-18(34)38-24-12-14-32(26(27(36)19-10-11-19)22-7-3-4-8-23(22)28)17-20(24)15-21-16-29-31-33(21)13-6-5-9-25(35)30-37-2/h3-4,7-8,15-16,19,24,26H,5-6,9-14,17H2,1-2H3,(H,30,35). The van der Waals surface area contributed by atoms with Crippen LogP contribution in [0.5, 0.6) is 0 Å². The molecule has 2 heterocycles. The molecular weight excluding hydrogens is 509 g/mol. The summed E-state index contributed by atoms with van der Waals surface area (Å²) < 4.78 is 16.7. The number of hydrogen-bond acceptors (Lipinski definition) is 8. The van der Waals surface area contributed by atoms with Crippen LogP contribution in [0, 0.1) is 11.7 Å². The number of amides is 1. The van der Waals surface area contributed by atoms with Crippen molar-refractivity contribution in [3.63, 3.8) is 0 Å². The largest absolute Gasteiger partial charge is 0.297 e. The van der Waals surface area contributed by atoms with Gasteiger partial charge in [-0.25, -0.2) is 14.6 Å². The van der Waals surface area contributed by atoms with Gasteiger partial charge in [-0.15, -0.1) is 5.10 Å². The molecule has 1 amide bonds. The van der Waals surface area contributed by atoms with Gasteiger partial charge in [0.2, 0.25) is 5.91 Å². The van der Waals surface area contributed by atoms with E-state index in [1.54, 1.807) is 36.0 Å². The van der Waals surface area contributed by atoms with E-state index in [1.165, 1.54) is 24.9 Å². The van der Waals surface area contributed by atoms with Gasteiger partial charge in [0.1, 0.15) is 5.82 Å². The second kappa shape index (κ2) is 13.3. The molecule has 4 rings (SSSR count). The Hall–Kier alpha value is -2.89. The van der Waals surface area contributed by atoms with E-state index in [0.717, 1.165) is 30.5 Å². The zero-order valence-corrected chi connectivity index (χ0v) is 22.6. The Labute approximate surface area is 226 Å². The summed E-state index contributed by atoms with van der Waals surface area (Å²) in [7, 11) is 1.40. The molecule has 2 aromatic rings. The van der Waals surface area contributed by atoms with Gasteiger partial charge in [0, 0.05) is 49.7 Å². The van der Waals surface area contributed by atoms with Crippen molar-refractivity contribution in [2.24, 2.45) is 5.92 Å². The third-order valence-corrected chi connectivity index (χ3v) is 7.98. The SMILES string of the molecule is CONC(=O)CCCCn1nncc1C=C1CN(C(C(=O)C2CC2)c2ccccc2F)CCC1SC(C)=O. The second-order valence-corrected chi connectivity index (χ2v) is 11.1. The smallest absolute Gasteiger partial charge is 0.243 e. The summed E-state index contributed by atoms with van der Waals surface area (Å²) in [5, 5.41) is 8.24. The number of ketones is 1. The number of halogens is 1. The molecular formula is C27H34FN5O4S. The van der Waals surface area contributed by atoms with Crippen molar-refractivity contribution in [3.8, 4) is 0 Å². The highest BCUT2D eigenvalue weighted by atomic mass is 32.2. The first-order chi connectivity index (χ1) is 18.4. The van der Waals surface area contributed by atoms with Gasteiger partial charge in [-0.2, -0.15) is 0 Å². The molecule has 1 saturated heterocycles. The second-order valence-electron chi connectivity index (χ2n) is 9.75. The number of rotatable bonds is 12. The van der Waals surface area contributed by atoms with E-state index in [9.17, 15) is 18.8 Å². The maximum absolute atomic E-state index is 14.9. The van der Waals surface area contributed by atoms with Crippen molar-refractivity contribution < 1.29 is 23.6 Å². The van der Waals surface area contributed by atoms with Crippen molar-refractivity contribution in [1.82, 2.24) is 25.4 Å². The van der Waals surface area contributed by atoms with Crippen LogP contribution in [-0.2, 0) is 25.8 Å². The molecule has 9 nitrogen and oxygen atoms in total. The van der Waals surface area contributed by atoms with Gasteiger partial charge in [-0.1, -0.05) is 35.2 Å². The van der Waals surface area contributed by atoms with Crippen LogP contribution in [0.3, 0.4) is 0 Å². The summed E-state index contributed by atoms with van der Waals surface area (Å²) in [4.78, 5) is 43.7. The highest BCUT2D eigenvalue weighted by molar-refractivity contribution is 8.14. The third-order valence-electron chi connectivity index (χ3n) is 6.82. The van der Waals surface area contributed by atoms with E-state index in [2.05, 4.69) is 20.6 Å². The number of Topliss-reactive ketones (excluding diaryl/α,β-unsaturated/α-hetero) is 1. The minimum atomic E-state index is -0.656. The van der Waals surface area contributed by atoms with Crippen molar-refractivity contribution in [2.45, 2.75) is 63.3 Å². The summed E-state index contributed by atoms with van der Waals surface area (Å²) in [6, 6.07) is 5.85. The Balaban J connectivity index is 1.54. The number of unbranched alkanes of at least 4 members (excludes halogenated alkanes) is 1. The Morgan fingerprint density at radius 1 is 1.24 bits per heavy atom. The summed E-state index contributed by atoms with van der Waals surface area (Å²) in [5.74, 6) is -0.506. The van der Waals surface area contributed by atoms with Gasteiger partial charge in [0.05, 0.1) is 25.0 Å². The minimum Gasteiger partial charge on any atom is -0.297 e. The topological polar surface area (TPSA) is 106 Å². The number of hydrogen-bond donors (Lipinski definition) is 1. The molecule has 2 unspecified atom stereocenters. The molecule has 204 valence electrons. The van der Waals surface area contributed by atoms with Gasteiger partial charge in [-0.05, 0) is 49.8 Å². The normalized spacial score (nSPS) is 19.9. The maximum Gasteiger partial charge on any atom is 0.243 e. The van der Waals surface area contributed by atoms with Crippen LogP contribution in [-0.4, -0.2) is 62.1 Å². The van der Waals surface area contributed by atoms with Crippen LogP contribution in [0.2, 0.25) is 0 Å². The average Bonchev–Trinajstić information content (AvgIpc) is 3.65. The lowest BCUT2D eigenvalue weighted by atomic mass is 9.93. The molecule has 0 spiro atoms. The lowest BCUT2D eigenvalue weighted by molar-refractivity contribution is -0.131. The highest BCUT2D eigenvalue weighted by Crippen LogP contribution is 2.40. The predicted octanol–water partition coefficient (Wildman–Crippen LogP) is 3.72. The van der Waals surface area contributed by atoms with Crippen LogP contribution in [0.15, 0.2) is 36.0 Å². The van der Waals surface area contributed by atoms with Crippen LogP contribution in [0.25, 0.3) is 6.08 Å². The van der Waals surface area contributed by atoms with E-state index in [1.807, 2.05) is 11.0 Å². The molecule has 0 radical (unpaired) electrons. The fourth-order valence-electron chi connectivity index (χ4n) is 4.85. The Kier molecular flexibility index (Phi) is 9.81. The molecule has 2 atom stereocenters. The number of nitrogens with one attached hydrogen (secondary N) is 1. The first-order valence-electron chi connectivity index (χ1n) is 13.0. The van der Waals surface area contributed by atoms with Crippen LogP contribution >= 0.6 is 11.8 Å². The van der Waals surface area contributed by atoms with Crippen molar-refractivity contribution in [1.29, 1.82) is 0 Å². The van der Waals surface area contributed by atoms with Gasteiger partial charge >= 0.3 is 0 Å². The molecule has 1 aromatic heterocycles. The molecule has 1 N–H and O–H groups in total. The monoisotopic (exact) mass is 543 g/mol. The predicted molar refractivity (Wildman–Crippen MR) is 142 cm³/mol. The minimum absolute atomic E-state index is 0.0204. The van der Waals surface area contributed by atoms with Gasteiger partial charge < -0.3 is 0 Å². The van der Waals surface area contributed by atoms with Crippen LogP contribution < -0.4 is 5.48 Å². The van der Waals surface area contributed by atoms with Gasteiger partial charge in [0.15, 0.2) is 10.9 Å². The Bertz CT molecular complexity index is 1180. The Morgan fingerprint density at radius 3 is 2.74 bits per heavy atom. The molecule has 1 aromatic carbocycles. The van der Waals surface area contributed by atoms with Crippen molar-refractivity contribution >= 4 is 34.6 Å². The molecule has 0 bridgehead atoms. The van der Waals surface area contributed by atoms with E-state index in [0.29, 0.717) is 44.5 Å². The number of piperidine rings is 1. The zero-order valence-electron chi connectivity index (χ0n) is 21.8. The van der Waals surface area contributed by atoms with Gasteiger partial charge in [0.25, 0.3) is 0 Å². The number of carbonyl (C=O) groups excluding carboxylic acids is 3. The number of thioether (sulfide) groups is 1. The number of benzene rings is 1. The quantitative estimate of drug-likeness (QED) is 0.319. The molecule has 1 aliphatic carbocycles. The van der Waals surface area contributed by atoms with Crippen LogP contribution in [0.4, 0.5) is 4.39 Å². The molecule has 1 saturated carbocycles. The summed E-state index contributed by atoms with van der Waals surface area (Å²) in [6.45, 7) is 3.15. The number of aryl methyl sites for hydroxylation is 1. The molecule has 11 heteroatoms. The van der Waals surface area contributed by atoms with E-state index < -0.39 is 6.04 Å². The summed E-state index contributed by atoms with van der Waals surface area (Å²) in [5.41, 5.74) is 4.48. The number of aromatic nitrogens is 3. The zero-order chi connectivity index (χ0) is 27.1. The highest BCUT2D eigenvalue weighted by Gasteiger charge is 2.41. The maximum atomic E-state index is 14.9. The molecule has 2 fully saturated rings. The summed E-state index contributed by atoms with van der Waals surface area (Å²) >= 11 is 1.28. The molecule has 1 aliphatic heterocycles. The number of hydroxylamine groups is 1. The number of likely N-dealkylation sites (tertiary alicyclic amines) is 1. The van der Waals surface area contributed by atoms with Gasteiger partial charge in [-0.3, -0.25) is 24.1 Å². The third kappa shape index (κ3) is 7.36. The van der Waals surface area contributed by atoms with E-state index >= 15 is 0 Å². The average molecular weight is 544 g/mol. The first-order valence-corrected chi connectivity index (χ1v) is 13.9. The van der Waals surface area contributed by atoms with Crippen LogP contribution in [0.1, 0.15) is 62.7 Å². The fraction of sp³-hybridized carbons (Fsp3) is 0.519. The Morgan fingerprint density at radius 2 is 2.03 bits per heavy atom. The molecule has 38 heavy (non-hydrogen) atoms. The molecule has 2 aliphatic rings. The number of carbonyl (C=O) groups is 3. The lowest BCUT2D eigenvalue weighted by Crippen LogP contribution is -2.43. The van der Waals surface area contributed by atoms with E-state index in [-0.39, 0.29) is 33.8 Å². The lowest BCUT2D eigenvalue weighted by Gasteiger charge is -2.38.